The second-order valence-corrected chi connectivity index (χ2v) is 3.98. The van der Waals surface area contributed by atoms with E-state index in [0.717, 1.165) is 24.5 Å². The fourth-order valence-electron chi connectivity index (χ4n) is 1.48. The number of rotatable bonds is 4. The maximum absolute atomic E-state index is 5.52. The van der Waals surface area contributed by atoms with Crippen molar-refractivity contribution in [3.05, 3.63) is 48.0 Å². The third kappa shape index (κ3) is 3.45. The molecule has 0 bridgehead atoms. The van der Waals surface area contributed by atoms with Crippen molar-refractivity contribution in [2.45, 2.75) is 13.3 Å². The minimum Gasteiger partial charge on any atom is -0.396 e. The quantitative estimate of drug-likeness (QED) is 0.840. The average molecular weight is 228 g/mol. The molecule has 1 aromatic heterocycles. The predicted octanol–water partition coefficient (Wildman–Crippen LogP) is 2.02. The van der Waals surface area contributed by atoms with Crippen molar-refractivity contribution < 1.29 is 0 Å². The van der Waals surface area contributed by atoms with E-state index in [1.807, 2.05) is 0 Å². The van der Waals surface area contributed by atoms with E-state index >= 15 is 0 Å². The summed E-state index contributed by atoms with van der Waals surface area (Å²) in [5.74, 6) is 0.804. The van der Waals surface area contributed by atoms with Crippen LogP contribution in [0.15, 0.2) is 36.7 Å². The summed E-state index contributed by atoms with van der Waals surface area (Å²) < 4.78 is 0. The number of aryl methyl sites for hydroxylation is 1. The van der Waals surface area contributed by atoms with Crippen LogP contribution in [-0.2, 0) is 6.42 Å². The van der Waals surface area contributed by atoms with E-state index in [1.165, 1.54) is 5.56 Å². The van der Waals surface area contributed by atoms with Gasteiger partial charge in [-0.1, -0.05) is 17.7 Å². The third-order valence-corrected chi connectivity index (χ3v) is 2.45. The predicted molar refractivity (Wildman–Crippen MR) is 69.8 cm³/mol. The maximum atomic E-state index is 5.52. The summed E-state index contributed by atoms with van der Waals surface area (Å²) in [6.45, 7) is 2.89. The number of hydrogen-bond acceptors (Lipinski definition) is 4. The molecule has 0 unspecified atom stereocenters. The van der Waals surface area contributed by atoms with Gasteiger partial charge in [-0.3, -0.25) is 0 Å². The number of nitrogen functional groups attached to an aromatic ring is 1. The topological polar surface area (TPSA) is 63.8 Å². The number of anilines is 2. The molecule has 0 radical (unpaired) electrons. The van der Waals surface area contributed by atoms with Gasteiger partial charge in [-0.15, -0.1) is 0 Å². The molecule has 0 aliphatic rings. The Hall–Kier alpha value is -2.10. The zero-order valence-corrected chi connectivity index (χ0v) is 9.85. The highest BCUT2D eigenvalue weighted by atomic mass is 14.9. The largest absolute Gasteiger partial charge is 0.396 e. The lowest BCUT2D eigenvalue weighted by Gasteiger charge is -2.05. The summed E-state index contributed by atoms with van der Waals surface area (Å²) in [5.41, 5.74) is 8.50. The van der Waals surface area contributed by atoms with E-state index in [-0.39, 0.29) is 0 Å². The van der Waals surface area contributed by atoms with E-state index in [1.54, 1.807) is 12.4 Å². The number of nitrogens with two attached hydrogens (primary N) is 1. The molecular formula is C13H16N4. The molecule has 4 nitrogen and oxygen atoms in total. The van der Waals surface area contributed by atoms with Gasteiger partial charge in [-0.05, 0) is 19.1 Å². The normalized spacial score (nSPS) is 10.2. The van der Waals surface area contributed by atoms with Gasteiger partial charge in [0.2, 0.25) is 0 Å². The molecule has 88 valence electrons. The summed E-state index contributed by atoms with van der Waals surface area (Å²) in [5, 5.41) is 3.32. The molecule has 2 rings (SSSR count). The molecule has 0 aliphatic heterocycles. The Bertz CT molecular complexity index is 416. The first kappa shape index (κ1) is 11.4. The molecule has 3 N–H and O–H groups in total. The Labute approximate surface area is 101 Å². The van der Waals surface area contributed by atoms with E-state index in [2.05, 4.69) is 46.5 Å². The summed E-state index contributed by atoms with van der Waals surface area (Å²) in [6.07, 6.45) is 4.05. The van der Waals surface area contributed by atoms with E-state index < -0.39 is 0 Å². The monoisotopic (exact) mass is 228 g/mol. The first-order valence-electron chi connectivity index (χ1n) is 5.61. The first-order valence-corrected chi connectivity index (χ1v) is 5.61. The van der Waals surface area contributed by atoms with Crippen molar-refractivity contribution >= 4 is 11.4 Å². The van der Waals surface area contributed by atoms with Crippen LogP contribution in [0.3, 0.4) is 0 Å². The minimum absolute atomic E-state index is 0.597. The van der Waals surface area contributed by atoms with Crippen LogP contribution < -0.4 is 11.1 Å². The second kappa shape index (κ2) is 5.30. The van der Waals surface area contributed by atoms with Gasteiger partial charge < -0.3 is 11.1 Å². The zero-order valence-electron chi connectivity index (χ0n) is 9.85. The highest BCUT2D eigenvalue weighted by Crippen LogP contribution is 2.08. The van der Waals surface area contributed by atoms with E-state index in [9.17, 15) is 0 Å². The molecule has 1 heterocycles. The summed E-state index contributed by atoms with van der Waals surface area (Å²) >= 11 is 0. The highest BCUT2D eigenvalue weighted by molar-refractivity contribution is 5.44. The molecule has 0 aliphatic carbocycles. The lowest BCUT2D eigenvalue weighted by molar-refractivity contribution is 0.895. The molecule has 0 saturated carbocycles. The van der Waals surface area contributed by atoms with Gasteiger partial charge in [0, 0.05) is 18.7 Å². The SMILES string of the molecule is Cc1ccc(NCCc2ncc(N)cn2)cc1. The van der Waals surface area contributed by atoms with Crippen LogP contribution in [0.4, 0.5) is 11.4 Å². The van der Waals surface area contributed by atoms with Gasteiger partial charge >= 0.3 is 0 Å². The van der Waals surface area contributed by atoms with Crippen LogP contribution in [0, 0.1) is 6.92 Å². The molecule has 0 atom stereocenters. The van der Waals surface area contributed by atoms with Gasteiger partial charge in [0.15, 0.2) is 0 Å². The molecule has 0 fully saturated rings. The molecule has 4 heteroatoms. The second-order valence-electron chi connectivity index (χ2n) is 3.98. The first-order chi connectivity index (χ1) is 8.24. The number of nitrogens with one attached hydrogen (secondary N) is 1. The molecule has 17 heavy (non-hydrogen) atoms. The van der Waals surface area contributed by atoms with Crippen LogP contribution in [0.1, 0.15) is 11.4 Å². The fraction of sp³-hybridized carbons (Fsp3) is 0.231. The van der Waals surface area contributed by atoms with Crippen molar-refractivity contribution in [2.75, 3.05) is 17.6 Å². The Morgan fingerprint density at radius 1 is 1.12 bits per heavy atom. The molecule has 0 amide bonds. The summed E-state index contributed by atoms with van der Waals surface area (Å²) in [4.78, 5) is 8.29. The van der Waals surface area contributed by atoms with Crippen LogP contribution in [-0.4, -0.2) is 16.5 Å². The number of hydrogen-bond donors (Lipinski definition) is 2. The molecule has 2 aromatic rings. The number of nitrogens with zero attached hydrogens (tertiary/aromatic N) is 2. The number of aromatic nitrogens is 2. The summed E-state index contributed by atoms with van der Waals surface area (Å²) in [7, 11) is 0. The third-order valence-electron chi connectivity index (χ3n) is 2.45. The minimum atomic E-state index is 0.597. The Morgan fingerprint density at radius 2 is 1.76 bits per heavy atom. The standard InChI is InChI=1S/C13H16N4/c1-10-2-4-12(5-3-10)15-7-6-13-16-8-11(14)9-17-13/h2-5,8-9,15H,6-7,14H2,1H3. The summed E-state index contributed by atoms with van der Waals surface area (Å²) in [6, 6.07) is 8.31. The van der Waals surface area contributed by atoms with Crippen LogP contribution in [0.2, 0.25) is 0 Å². The average Bonchev–Trinajstić information content (AvgIpc) is 2.34. The van der Waals surface area contributed by atoms with Crippen LogP contribution in [0.25, 0.3) is 0 Å². The molecular weight excluding hydrogens is 212 g/mol. The van der Waals surface area contributed by atoms with Gasteiger partial charge in [0.1, 0.15) is 5.82 Å². The lowest BCUT2D eigenvalue weighted by Crippen LogP contribution is -2.07. The molecule has 0 spiro atoms. The maximum Gasteiger partial charge on any atom is 0.130 e. The van der Waals surface area contributed by atoms with Gasteiger partial charge in [-0.25, -0.2) is 9.97 Å². The highest BCUT2D eigenvalue weighted by Gasteiger charge is 1.96. The van der Waals surface area contributed by atoms with Crippen molar-refractivity contribution in [1.29, 1.82) is 0 Å². The number of benzene rings is 1. The zero-order chi connectivity index (χ0) is 12.1. The van der Waals surface area contributed by atoms with Gasteiger partial charge in [0.25, 0.3) is 0 Å². The Balaban J connectivity index is 1.83. The van der Waals surface area contributed by atoms with Crippen LogP contribution in [0.5, 0.6) is 0 Å². The molecule has 0 saturated heterocycles. The Kier molecular flexibility index (Phi) is 3.55. The van der Waals surface area contributed by atoms with Crippen molar-refractivity contribution in [1.82, 2.24) is 9.97 Å². The van der Waals surface area contributed by atoms with E-state index in [4.69, 9.17) is 5.73 Å². The van der Waals surface area contributed by atoms with Crippen LogP contribution >= 0.6 is 0 Å². The molecule has 1 aromatic carbocycles. The van der Waals surface area contributed by atoms with Crippen molar-refractivity contribution in [3.63, 3.8) is 0 Å². The van der Waals surface area contributed by atoms with Gasteiger partial charge in [0.05, 0.1) is 18.1 Å². The Morgan fingerprint density at radius 3 is 2.41 bits per heavy atom. The smallest absolute Gasteiger partial charge is 0.130 e. The van der Waals surface area contributed by atoms with E-state index in [0.29, 0.717) is 5.69 Å². The van der Waals surface area contributed by atoms with Gasteiger partial charge in [-0.2, -0.15) is 0 Å². The lowest BCUT2D eigenvalue weighted by atomic mass is 10.2. The van der Waals surface area contributed by atoms with Crippen molar-refractivity contribution in [3.8, 4) is 0 Å². The fourth-order valence-corrected chi connectivity index (χ4v) is 1.48. The van der Waals surface area contributed by atoms with Crippen molar-refractivity contribution in [2.24, 2.45) is 0 Å².